The quantitative estimate of drug-likeness (QED) is 0.518. The topological polar surface area (TPSA) is 93.5 Å². The molecule has 1 amide bonds. The van der Waals surface area contributed by atoms with Gasteiger partial charge in [-0.3, -0.25) is 4.79 Å². The molecule has 0 aliphatic carbocycles. The Labute approximate surface area is 118 Å². The van der Waals surface area contributed by atoms with E-state index in [1.807, 2.05) is 6.92 Å². The van der Waals surface area contributed by atoms with Gasteiger partial charge < -0.3 is 21.1 Å². The monoisotopic (exact) mass is 279 g/mol. The SMILES string of the molecule is CCNC(=O)CCNc1cc(C(=O)OCC)ccc1N. The van der Waals surface area contributed by atoms with E-state index in [2.05, 4.69) is 10.6 Å². The van der Waals surface area contributed by atoms with Gasteiger partial charge in [-0.25, -0.2) is 4.79 Å². The summed E-state index contributed by atoms with van der Waals surface area (Å²) in [6, 6.07) is 4.88. The van der Waals surface area contributed by atoms with Crippen molar-refractivity contribution in [1.29, 1.82) is 0 Å². The van der Waals surface area contributed by atoms with Crippen LogP contribution < -0.4 is 16.4 Å². The van der Waals surface area contributed by atoms with Gasteiger partial charge in [0.2, 0.25) is 5.91 Å². The van der Waals surface area contributed by atoms with Crippen molar-refractivity contribution in [2.75, 3.05) is 30.7 Å². The van der Waals surface area contributed by atoms with E-state index in [9.17, 15) is 9.59 Å². The molecule has 6 heteroatoms. The van der Waals surface area contributed by atoms with Crippen LogP contribution in [0, 0.1) is 0 Å². The average molecular weight is 279 g/mol. The van der Waals surface area contributed by atoms with E-state index in [0.717, 1.165) is 0 Å². The van der Waals surface area contributed by atoms with Crippen molar-refractivity contribution in [2.24, 2.45) is 0 Å². The molecule has 6 nitrogen and oxygen atoms in total. The van der Waals surface area contributed by atoms with Crippen LogP contribution in [0.25, 0.3) is 0 Å². The summed E-state index contributed by atoms with van der Waals surface area (Å²) in [5, 5.41) is 5.75. The number of rotatable bonds is 7. The zero-order chi connectivity index (χ0) is 15.0. The fraction of sp³-hybridized carbons (Fsp3) is 0.429. The fourth-order valence-corrected chi connectivity index (χ4v) is 1.65. The molecule has 4 N–H and O–H groups in total. The van der Waals surface area contributed by atoms with Crippen molar-refractivity contribution < 1.29 is 14.3 Å². The molecule has 0 bridgehead atoms. The maximum absolute atomic E-state index is 11.6. The highest BCUT2D eigenvalue weighted by atomic mass is 16.5. The van der Waals surface area contributed by atoms with Gasteiger partial charge in [-0.05, 0) is 32.0 Å². The molecule has 0 fully saturated rings. The van der Waals surface area contributed by atoms with Gasteiger partial charge in [0.1, 0.15) is 0 Å². The Bertz CT molecular complexity index is 475. The number of ether oxygens (including phenoxy) is 1. The molecule has 110 valence electrons. The minimum atomic E-state index is -0.390. The van der Waals surface area contributed by atoms with E-state index >= 15 is 0 Å². The number of carbonyl (C=O) groups excluding carboxylic acids is 2. The van der Waals surface area contributed by atoms with Crippen LogP contribution in [0.4, 0.5) is 11.4 Å². The second kappa shape index (κ2) is 8.04. The first-order valence-electron chi connectivity index (χ1n) is 6.65. The van der Waals surface area contributed by atoms with Crippen molar-refractivity contribution >= 4 is 23.3 Å². The molecule has 0 atom stereocenters. The first-order chi connectivity index (χ1) is 9.58. The van der Waals surface area contributed by atoms with Gasteiger partial charge in [0.15, 0.2) is 0 Å². The number of nitrogen functional groups attached to an aromatic ring is 1. The number of benzene rings is 1. The fourth-order valence-electron chi connectivity index (χ4n) is 1.65. The lowest BCUT2D eigenvalue weighted by Crippen LogP contribution is -2.24. The molecule has 0 spiro atoms. The highest BCUT2D eigenvalue weighted by molar-refractivity contribution is 5.92. The van der Waals surface area contributed by atoms with Crippen LogP contribution in [0.1, 0.15) is 30.6 Å². The van der Waals surface area contributed by atoms with Crippen LogP contribution in [0.3, 0.4) is 0 Å². The number of nitrogens with two attached hydrogens (primary N) is 1. The van der Waals surface area contributed by atoms with E-state index < -0.39 is 0 Å². The molecule has 20 heavy (non-hydrogen) atoms. The molecule has 0 aliphatic heterocycles. The highest BCUT2D eigenvalue weighted by Gasteiger charge is 2.09. The summed E-state index contributed by atoms with van der Waals surface area (Å²) in [4.78, 5) is 22.9. The van der Waals surface area contributed by atoms with Crippen LogP contribution >= 0.6 is 0 Å². The van der Waals surface area contributed by atoms with Crippen molar-refractivity contribution in [3.8, 4) is 0 Å². The van der Waals surface area contributed by atoms with E-state index in [1.54, 1.807) is 25.1 Å². The van der Waals surface area contributed by atoms with Crippen molar-refractivity contribution in [1.82, 2.24) is 5.32 Å². The normalized spacial score (nSPS) is 9.90. The number of hydrogen-bond acceptors (Lipinski definition) is 5. The number of nitrogens with one attached hydrogen (secondary N) is 2. The third-order valence-electron chi connectivity index (χ3n) is 2.61. The van der Waals surface area contributed by atoms with Crippen LogP contribution in [-0.2, 0) is 9.53 Å². The lowest BCUT2D eigenvalue weighted by Gasteiger charge is -2.11. The minimum absolute atomic E-state index is 0.0277. The van der Waals surface area contributed by atoms with Gasteiger partial charge >= 0.3 is 5.97 Å². The van der Waals surface area contributed by atoms with E-state index in [4.69, 9.17) is 10.5 Å². The van der Waals surface area contributed by atoms with E-state index in [-0.39, 0.29) is 11.9 Å². The molecule has 1 rings (SSSR count). The second-order valence-corrected chi connectivity index (χ2v) is 4.15. The Hall–Kier alpha value is -2.24. The molecule has 0 unspecified atom stereocenters. The van der Waals surface area contributed by atoms with E-state index in [1.165, 1.54) is 0 Å². The standard InChI is InChI=1S/C14H21N3O3/c1-3-16-13(18)7-8-17-12-9-10(5-6-11(12)15)14(19)20-4-2/h5-6,9,17H,3-4,7-8,15H2,1-2H3,(H,16,18). The summed E-state index contributed by atoms with van der Waals surface area (Å²) in [5.41, 5.74) is 7.40. The van der Waals surface area contributed by atoms with Crippen molar-refractivity contribution in [3.05, 3.63) is 23.8 Å². The summed E-state index contributed by atoms with van der Waals surface area (Å²) in [6.45, 7) is 5.00. The average Bonchev–Trinajstić information content (AvgIpc) is 2.41. The Kier molecular flexibility index (Phi) is 6.36. The Morgan fingerprint density at radius 2 is 2.05 bits per heavy atom. The lowest BCUT2D eigenvalue weighted by molar-refractivity contribution is -0.120. The van der Waals surface area contributed by atoms with Crippen LogP contribution in [0.2, 0.25) is 0 Å². The molecule has 0 aromatic heterocycles. The van der Waals surface area contributed by atoms with Crippen molar-refractivity contribution in [3.63, 3.8) is 0 Å². The van der Waals surface area contributed by atoms with Gasteiger partial charge in [-0.1, -0.05) is 0 Å². The number of carbonyl (C=O) groups is 2. The summed E-state index contributed by atoms with van der Waals surface area (Å²) in [7, 11) is 0. The second-order valence-electron chi connectivity index (χ2n) is 4.15. The molecular formula is C14H21N3O3. The molecule has 1 aromatic rings. The molecule has 0 heterocycles. The molecule has 0 radical (unpaired) electrons. The van der Waals surface area contributed by atoms with Gasteiger partial charge in [-0.15, -0.1) is 0 Å². The summed E-state index contributed by atoms with van der Waals surface area (Å²) < 4.78 is 4.93. The Balaban J connectivity index is 2.62. The van der Waals surface area contributed by atoms with Gasteiger partial charge in [0.25, 0.3) is 0 Å². The highest BCUT2D eigenvalue weighted by Crippen LogP contribution is 2.20. The van der Waals surface area contributed by atoms with Crippen LogP contribution in [-0.4, -0.2) is 31.6 Å². The smallest absolute Gasteiger partial charge is 0.338 e. The molecule has 0 aliphatic rings. The maximum atomic E-state index is 11.6. The number of anilines is 2. The third kappa shape index (κ3) is 4.79. The minimum Gasteiger partial charge on any atom is -0.462 e. The summed E-state index contributed by atoms with van der Waals surface area (Å²) in [5.74, 6) is -0.417. The molecule has 0 saturated carbocycles. The van der Waals surface area contributed by atoms with Crippen LogP contribution in [0.5, 0.6) is 0 Å². The van der Waals surface area contributed by atoms with Gasteiger partial charge in [-0.2, -0.15) is 0 Å². The largest absolute Gasteiger partial charge is 0.462 e. The Morgan fingerprint density at radius 1 is 1.30 bits per heavy atom. The number of hydrogen-bond donors (Lipinski definition) is 3. The van der Waals surface area contributed by atoms with Crippen molar-refractivity contribution in [2.45, 2.75) is 20.3 Å². The lowest BCUT2D eigenvalue weighted by atomic mass is 10.1. The van der Waals surface area contributed by atoms with Gasteiger partial charge in [0.05, 0.1) is 23.5 Å². The maximum Gasteiger partial charge on any atom is 0.338 e. The third-order valence-corrected chi connectivity index (χ3v) is 2.61. The number of amides is 1. The van der Waals surface area contributed by atoms with E-state index in [0.29, 0.717) is 43.1 Å². The molecule has 0 saturated heterocycles. The predicted octanol–water partition coefficient (Wildman–Crippen LogP) is 1.38. The molecule has 1 aromatic carbocycles. The van der Waals surface area contributed by atoms with Gasteiger partial charge in [0, 0.05) is 19.5 Å². The number of esters is 1. The predicted molar refractivity (Wildman–Crippen MR) is 78.6 cm³/mol. The first kappa shape index (κ1) is 15.8. The summed E-state index contributed by atoms with van der Waals surface area (Å²) in [6.07, 6.45) is 0.344. The zero-order valence-corrected chi connectivity index (χ0v) is 11.9. The summed E-state index contributed by atoms with van der Waals surface area (Å²) >= 11 is 0. The zero-order valence-electron chi connectivity index (χ0n) is 11.9. The molecular weight excluding hydrogens is 258 g/mol. The first-order valence-corrected chi connectivity index (χ1v) is 6.65. The Morgan fingerprint density at radius 3 is 2.70 bits per heavy atom. The van der Waals surface area contributed by atoms with Crippen LogP contribution in [0.15, 0.2) is 18.2 Å².